The van der Waals surface area contributed by atoms with E-state index in [9.17, 15) is 13.5 Å². The Morgan fingerprint density at radius 3 is 2.62 bits per heavy atom. The van der Waals surface area contributed by atoms with Crippen molar-refractivity contribution in [3.8, 4) is 0 Å². The van der Waals surface area contributed by atoms with Crippen molar-refractivity contribution in [2.24, 2.45) is 5.92 Å². The molecule has 0 amide bonds. The molecule has 116 valence electrons. The Morgan fingerprint density at radius 1 is 1.33 bits per heavy atom. The normalized spacial score (nSPS) is 21.1. The number of rotatable bonds is 6. The van der Waals surface area contributed by atoms with Crippen molar-refractivity contribution in [2.45, 2.75) is 36.7 Å². The van der Waals surface area contributed by atoms with E-state index in [0.29, 0.717) is 36.1 Å². The molecule has 0 spiro atoms. The Labute approximate surface area is 126 Å². The lowest BCUT2D eigenvalue weighted by molar-refractivity contribution is -0.00958. The molecule has 0 unspecified atom stereocenters. The number of β-amino-alcohol motifs (C(OH)–C–C–N with tert-alkyl or cyclic N) is 1. The van der Waals surface area contributed by atoms with E-state index in [1.54, 1.807) is 12.1 Å². The minimum Gasteiger partial charge on any atom is -0.386 e. The molecule has 1 saturated carbocycles. The van der Waals surface area contributed by atoms with Gasteiger partial charge in [-0.3, -0.25) is 0 Å². The molecule has 3 rings (SSSR count). The van der Waals surface area contributed by atoms with Crippen LogP contribution in [-0.4, -0.2) is 38.8 Å². The molecule has 21 heavy (non-hydrogen) atoms. The molecule has 0 radical (unpaired) electrons. The molecule has 2 N–H and O–H groups in total. The Hall–Kier alpha value is -1.11. The monoisotopic (exact) mass is 310 g/mol. The molecule has 1 heterocycles. The van der Waals surface area contributed by atoms with Crippen molar-refractivity contribution < 1.29 is 13.5 Å². The number of nitrogens with one attached hydrogen (secondary N) is 1. The second-order valence-corrected chi connectivity index (χ2v) is 7.83. The number of anilines is 1. The van der Waals surface area contributed by atoms with Gasteiger partial charge in [0.05, 0.1) is 5.69 Å². The van der Waals surface area contributed by atoms with Gasteiger partial charge in [-0.25, -0.2) is 13.1 Å². The van der Waals surface area contributed by atoms with Gasteiger partial charge >= 0.3 is 0 Å². The van der Waals surface area contributed by atoms with E-state index in [-0.39, 0.29) is 0 Å². The molecule has 2 aliphatic rings. The quantitative estimate of drug-likeness (QED) is 0.832. The van der Waals surface area contributed by atoms with E-state index in [0.717, 1.165) is 19.3 Å². The largest absolute Gasteiger partial charge is 0.386 e. The second kappa shape index (κ2) is 5.26. The smallest absolute Gasteiger partial charge is 0.242 e. The number of hydrogen-bond acceptors (Lipinski definition) is 4. The fourth-order valence-electron chi connectivity index (χ4n) is 2.92. The number of sulfonamides is 1. The Balaban J connectivity index is 1.81. The van der Waals surface area contributed by atoms with Gasteiger partial charge in [-0.1, -0.05) is 19.1 Å². The van der Waals surface area contributed by atoms with Gasteiger partial charge in [0, 0.05) is 19.6 Å². The first-order valence-corrected chi connectivity index (χ1v) is 9.00. The Bertz CT molecular complexity index is 620. The van der Waals surface area contributed by atoms with Crippen LogP contribution in [0, 0.1) is 5.92 Å². The first kappa shape index (κ1) is 14.8. The van der Waals surface area contributed by atoms with Crippen molar-refractivity contribution in [3.05, 3.63) is 24.3 Å². The van der Waals surface area contributed by atoms with Crippen molar-refractivity contribution in [3.63, 3.8) is 0 Å². The van der Waals surface area contributed by atoms with E-state index >= 15 is 0 Å². The van der Waals surface area contributed by atoms with Gasteiger partial charge in [0.15, 0.2) is 0 Å². The molecular weight excluding hydrogens is 288 g/mol. The maximum atomic E-state index is 12.4. The third-order valence-electron chi connectivity index (χ3n) is 4.30. The summed E-state index contributed by atoms with van der Waals surface area (Å²) < 4.78 is 27.3. The fourth-order valence-corrected chi connectivity index (χ4v) is 4.28. The van der Waals surface area contributed by atoms with Crippen LogP contribution in [0.4, 0.5) is 5.69 Å². The predicted octanol–water partition coefficient (Wildman–Crippen LogP) is 1.34. The SMILES string of the molecule is CCCNS(=O)(=O)c1ccccc1N1CC(O)(C2CC2)C1. The first-order chi connectivity index (χ1) is 9.96. The zero-order valence-corrected chi connectivity index (χ0v) is 13.1. The van der Waals surface area contributed by atoms with E-state index in [1.807, 2.05) is 24.0 Å². The van der Waals surface area contributed by atoms with E-state index in [2.05, 4.69) is 4.72 Å². The van der Waals surface area contributed by atoms with Gasteiger partial charge in [-0.2, -0.15) is 0 Å². The third-order valence-corrected chi connectivity index (χ3v) is 5.81. The number of benzene rings is 1. The lowest BCUT2D eigenvalue weighted by Gasteiger charge is -2.48. The summed E-state index contributed by atoms with van der Waals surface area (Å²) in [5.41, 5.74) is 0.0692. The van der Waals surface area contributed by atoms with Crippen LogP contribution < -0.4 is 9.62 Å². The van der Waals surface area contributed by atoms with Crippen LogP contribution in [-0.2, 0) is 10.0 Å². The summed E-state index contributed by atoms with van der Waals surface area (Å²) in [7, 11) is -3.49. The van der Waals surface area contributed by atoms with Crippen LogP contribution in [0.2, 0.25) is 0 Å². The molecule has 1 aliphatic heterocycles. The summed E-state index contributed by atoms with van der Waals surface area (Å²) in [6.07, 6.45) is 2.93. The highest BCUT2D eigenvalue weighted by molar-refractivity contribution is 7.89. The molecule has 1 saturated heterocycles. The summed E-state index contributed by atoms with van der Waals surface area (Å²) in [4.78, 5) is 2.26. The molecule has 2 fully saturated rings. The minimum atomic E-state index is -3.49. The summed E-state index contributed by atoms with van der Waals surface area (Å²) in [6.45, 7) is 3.41. The molecule has 0 aromatic heterocycles. The van der Waals surface area contributed by atoms with Gasteiger partial charge in [0.1, 0.15) is 10.5 Å². The number of aliphatic hydroxyl groups is 1. The van der Waals surface area contributed by atoms with Gasteiger partial charge in [-0.15, -0.1) is 0 Å². The highest BCUT2D eigenvalue weighted by Crippen LogP contribution is 2.46. The average molecular weight is 310 g/mol. The Kier molecular flexibility index (Phi) is 3.71. The fraction of sp³-hybridized carbons (Fsp3) is 0.600. The van der Waals surface area contributed by atoms with Gasteiger partial charge < -0.3 is 10.0 Å². The van der Waals surface area contributed by atoms with Crippen LogP contribution in [0.15, 0.2) is 29.2 Å². The predicted molar refractivity (Wildman–Crippen MR) is 81.8 cm³/mol. The molecule has 0 atom stereocenters. The topological polar surface area (TPSA) is 69.6 Å². The zero-order chi connectivity index (χ0) is 15.1. The molecule has 6 heteroatoms. The summed E-state index contributed by atoms with van der Waals surface area (Å²) >= 11 is 0. The molecule has 0 bridgehead atoms. The highest BCUT2D eigenvalue weighted by Gasteiger charge is 2.52. The summed E-state index contributed by atoms with van der Waals surface area (Å²) in [5.74, 6) is 0.399. The number of para-hydroxylation sites is 1. The number of nitrogens with zero attached hydrogens (tertiary/aromatic N) is 1. The Morgan fingerprint density at radius 2 is 2.00 bits per heavy atom. The average Bonchev–Trinajstić information content (AvgIpc) is 3.26. The van der Waals surface area contributed by atoms with Crippen LogP contribution >= 0.6 is 0 Å². The molecule has 5 nitrogen and oxygen atoms in total. The van der Waals surface area contributed by atoms with Crippen molar-refractivity contribution in [1.29, 1.82) is 0 Å². The van der Waals surface area contributed by atoms with Crippen LogP contribution in [0.3, 0.4) is 0 Å². The minimum absolute atomic E-state index is 0.302. The lowest BCUT2D eigenvalue weighted by Crippen LogP contribution is -2.63. The molecule has 1 aromatic rings. The van der Waals surface area contributed by atoms with E-state index in [4.69, 9.17) is 0 Å². The van der Waals surface area contributed by atoms with Crippen LogP contribution in [0.5, 0.6) is 0 Å². The van der Waals surface area contributed by atoms with Gasteiger partial charge in [0.2, 0.25) is 10.0 Å². The van der Waals surface area contributed by atoms with Crippen molar-refractivity contribution >= 4 is 15.7 Å². The van der Waals surface area contributed by atoms with Gasteiger partial charge in [-0.05, 0) is 37.3 Å². The summed E-state index contributed by atoms with van der Waals surface area (Å²) in [5, 5.41) is 10.4. The van der Waals surface area contributed by atoms with Gasteiger partial charge in [0.25, 0.3) is 0 Å². The molecule has 1 aliphatic carbocycles. The van der Waals surface area contributed by atoms with Crippen LogP contribution in [0.25, 0.3) is 0 Å². The zero-order valence-electron chi connectivity index (χ0n) is 12.2. The highest BCUT2D eigenvalue weighted by atomic mass is 32.2. The van der Waals surface area contributed by atoms with Crippen molar-refractivity contribution in [2.75, 3.05) is 24.5 Å². The first-order valence-electron chi connectivity index (χ1n) is 7.52. The third kappa shape index (κ3) is 2.80. The standard InChI is InChI=1S/C15H22N2O3S/c1-2-9-16-21(19,20)14-6-4-3-5-13(14)17-10-15(18,11-17)12-7-8-12/h3-6,12,16,18H,2,7-11H2,1H3. The molecular formula is C15H22N2O3S. The maximum Gasteiger partial charge on any atom is 0.242 e. The maximum absolute atomic E-state index is 12.4. The lowest BCUT2D eigenvalue weighted by atomic mass is 9.88. The van der Waals surface area contributed by atoms with Crippen molar-refractivity contribution in [1.82, 2.24) is 4.72 Å². The van der Waals surface area contributed by atoms with E-state index in [1.165, 1.54) is 0 Å². The number of hydrogen-bond donors (Lipinski definition) is 2. The van der Waals surface area contributed by atoms with Crippen LogP contribution in [0.1, 0.15) is 26.2 Å². The summed E-state index contributed by atoms with van der Waals surface area (Å²) in [6, 6.07) is 7.01. The van der Waals surface area contributed by atoms with E-state index < -0.39 is 15.6 Å². The second-order valence-electron chi connectivity index (χ2n) is 6.10. The molecule has 1 aromatic carbocycles.